The molecule has 1 fully saturated rings. The van der Waals surface area contributed by atoms with Gasteiger partial charge >= 0.3 is 0 Å². The highest BCUT2D eigenvalue weighted by Gasteiger charge is 2.30. The van der Waals surface area contributed by atoms with Crippen LogP contribution < -0.4 is 14.4 Å². The molecule has 0 radical (unpaired) electrons. The van der Waals surface area contributed by atoms with Crippen LogP contribution in [0.25, 0.3) is 11.3 Å². The number of sulfonamides is 1. The van der Waals surface area contributed by atoms with Crippen LogP contribution in [-0.2, 0) is 10.0 Å². The van der Waals surface area contributed by atoms with Crippen LogP contribution in [0.4, 0.5) is 5.82 Å². The Morgan fingerprint density at radius 1 is 0.875 bits per heavy atom. The van der Waals surface area contributed by atoms with Gasteiger partial charge in [-0.3, -0.25) is 0 Å². The van der Waals surface area contributed by atoms with Gasteiger partial charge in [-0.2, -0.15) is 4.31 Å². The van der Waals surface area contributed by atoms with E-state index in [0.717, 1.165) is 5.56 Å². The molecule has 8 nitrogen and oxygen atoms in total. The Hall–Kier alpha value is -2.88. The Balaban J connectivity index is 1.45. The van der Waals surface area contributed by atoms with Crippen LogP contribution in [0.3, 0.4) is 0 Å². The number of methoxy groups -OCH3 is 2. The van der Waals surface area contributed by atoms with Crippen LogP contribution in [-0.4, -0.2) is 63.3 Å². The van der Waals surface area contributed by atoms with E-state index in [9.17, 15) is 8.42 Å². The van der Waals surface area contributed by atoms with Gasteiger partial charge in [-0.25, -0.2) is 8.42 Å². The minimum atomic E-state index is -3.65. The van der Waals surface area contributed by atoms with Crippen LogP contribution in [0.5, 0.6) is 11.5 Å². The molecule has 0 N–H and O–H groups in total. The Labute approximate surface area is 192 Å². The predicted molar refractivity (Wildman–Crippen MR) is 123 cm³/mol. The SMILES string of the molecule is COc1ccc(S(=O)(=O)N2CCN(c3ccc(-c4ccccc4Cl)nn3)CC2)cc1OC. The summed E-state index contributed by atoms with van der Waals surface area (Å²) < 4.78 is 38.1. The number of hydrogen-bond donors (Lipinski definition) is 0. The van der Waals surface area contributed by atoms with Crippen molar-refractivity contribution in [2.45, 2.75) is 4.90 Å². The Bertz CT molecular complexity index is 1200. The maximum atomic E-state index is 13.1. The van der Waals surface area contributed by atoms with Gasteiger partial charge in [0.1, 0.15) is 0 Å². The molecule has 2 aromatic carbocycles. The molecule has 1 saturated heterocycles. The zero-order valence-electron chi connectivity index (χ0n) is 17.7. The maximum Gasteiger partial charge on any atom is 0.243 e. The number of piperazine rings is 1. The molecule has 168 valence electrons. The first-order valence-electron chi connectivity index (χ1n) is 10.00. The molecular weight excluding hydrogens is 452 g/mol. The van der Waals surface area contributed by atoms with E-state index in [1.807, 2.05) is 41.3 Å². The van der Waals surface area contributed by atoms with Gasteiger partial charge in [0.25, 0.3) is 0 Å². The number of hydrogen-bond acceptors (Lipinski definition) is 7. The van der Waals surface area contributed by atoms with Crippen molar-refractivity contribution >= 4 is 27.4 Å². The van der Waals surface area contributed by atoms with Crippen molar-refractivity contribution in [3.8, 4) is 22.8 Å². The lowest BCUT2D eigenvalue weighted by Crippen LogP contribution is -2.49. The monoisotopic (exact) mass is 474 g/mol. The number of rotatable bonds is 6. The average molecular weight is 475 g/mol. The summed E-state index contributed by atoms with van der Waals surface area (Å²) in [5.41, 5.74) is 1.51. The van der Waals surface area contributed by atoms with Crippen LogP contribution in [0.2, 0.25) is 5.02 Å². The van der Waals surface area contributed by atoms with E-state index in [1.54, 1.807) is 6.07 Å². The molecule has 10 heteroatoms. The Morgan fingerprint density at radius 2 is 1.59 bits per heavy atom. The van der Waals surface area contributed by atoms with Gasteiger partial charge in [0.15, 0.2) is 17.3 Å². The van der Waals surface area contributed by atoms with Gasteiger partial charge in [0.2, 0.25) is 10.0 Å². The molecule has 1 aromatic heterocycles. The van der Waals surface area contributed by atoms with Gasteiger partial charge < -0.3 is 14.4 Å². The number of halogens is 1. The fraction of sp³-hybridized carbons (Fsp3) is 0.273. The summed E-state index contributed by atoms with van der Waals surface area (Å²) in [6, 6.07) is 15.8. The zero-order valence-corrected chi connectivity index (χ0v) is 19.3. The van der Waals surface area contributed by atoms with E-state index in [1.165, 1.54) is 30.7 Å². The average Bonchev–Trinajstić information content (AvgIpc) is 2.84. The third-order valence-corrected chi connectivity index (χ3v) is 7.58. The molecular formula is C22H23ClN4O4S. The minimum Gasteiger partial charge on any atom is -0.493 e. The van der Waals surface area contributed by atoms with E-state index < -0.39 is 10.0 Å². The second kappa shape index (κ2) is 9.32. The lowest BCUT2D eigenvalue weighted by atomic mass is 10.1. The van der Waals surface area contributed by atoms with E-state index >= 15 is 0 Å². The van der Waals surface area contributed by atoms with Gasteiger partial charge in [0, 0.05) is 37.8 Å². The minimum absolute atomic E-state index is 0.174. The summed E-state index contributed by atoms with van der Waals surface area (Å²) in [5, 5.41) is 9.24. The molecule has 4 rings (SSSR count). The largest absolute Gasteiger partial charge is 0.493 e. The molecule has 0 bridgehead atoms. The fourth-order valence-electron chi connectivity index (χ4n) is 3.59. The van der Waals surface area contributed by atoms with Gasteiger partial charge in [-0.05, 0) is 30.3 Å². The van der Waals surface area contributed by atoms with Crippen molar-refractivity contribution in [3.05, 3.63) is 59.6 Å². The standard InChI is InChI=1S/C22H23ClN4O4S/c1-30-20-9-7-16(15-21(20)31-2)32(28,29)27-13-11-26(12-14-27)22-10-8-19(24-25-22)17-5-3-4-6-18(17)23/h3-10,15H,11-14H2,1-2H3. The van der Waals surface area contributed by atoms with E-state index in [4.69, 9.17) is 21.1 Å². The number of anilines is 1. The zero-order chi connectivity index (χ0) is 22.7. The topological polar surface area (TPSA) is 84.9 Å². The highest BCUT2D eigenvalue weighted by Crippen LogP contribution is 2.31. The van der Waals surface area contributed by atoms with Crippen molar-refractivity contribution < 1.29 is 17.9 Å². The normalized spacial score (nSPS) is 14.9. The Morgan fingerprint density at radius 3 is 2.22 bits per heavy atom. The first-order valence-corrected chi connectivity index (χ1v) is 11.8. The van der Waals surface area contributed by atoms with Crippen molar-refractivity contribution in [2.24, 2.45) is 0 Å². The van der Waals surface area contributed by atoms with Crippen molar-refractivity contribution in [3.63, 3.8) is 0 Å². The molecule has 0 unspecified atom stereocenters. The maximum absolute atomic E-state index is 13.1. The van der Waals surface area contributed by atoms with Crippen LogP contribution in [0.1, 0.15) is 0 Å². The Kier molecular flexibility index (Phi) is 6.50. The molecule has 0 spiro atoms. The summed E-state index contributed by atoms with van der Waals surface area (Å²) in [5.74, 6) is 1.56. The summed E-state index contributed by atoms with van der Waals surface area (Å²) in [4.78, 5) is 2.19. The molecule has 32 heavy (non-hydrogen) atoms. The second-order valence-electron chi connectivity index (χ2n) is 7.16. The van der Waals surface area contributed by atoms with Gasteiger partial charge in [-0.15, -0.1) is 10.2 Å². The fourth-order valence-corrected chi connectivity index (χ4v) is 5.26. The third kappa shape index (κ3) is 4.36. The summed E-state index contributed by atoms with van der Waals surface area (Å²) in [6.07, 6.45) is 0. The summed E-state index contributed by atoms with van der Waals surface area (Å²) in [7, 11) is -0.666. The number of benzene rings is 2. The third-order valence-electron chi connectivity index (χ3n) is 5.36. The molecule has 1 aliphatic rings. The van der Waals surface area contributed by atoms with Crippen molar-refractivity contribution in [2.75, 3.05) is 45.3 Å². The lowest BCUT2D eigenvalue weighted by molar-refractivity contribution is 0.353. The summed E-state index contributed by atoms with van der Waals surface area (Å²) >= 11 is 6.24. The highest BCUT2D eigenvalue weighted by molar-refractivity contribution is 7.89. The van der Waals surface area contributed by atoms with Gasteiger partial charge in [-0.1, -0.05) is 29.8 Å². The van der Waals surface area contributed by atoms with Crippen LogP contribution in [0, 0.1) is 0 Å². The van der Waals surface area contributed by atoms with E-state index in [2.05, 4.69) is 10.2 Å². The quantitative estimate of drug-likeness (QED) is 0.541. The van der Waals surface area contributed by atoms with E-state index in [0.29, 0.717) is 54.2 Å². The van der Waals surface area contributed by atoms with Crippen molar-refractivity contribution in [1.82, 2.24) is 14.5 Å². The smallest absolute Gasteiger partial charge is 0.243 e. The number of nitrogens with zero attached hydrogens (tertiary/aromatic N) is 4. The molecule has 0 amide bonds. The predicted octanol–water partition coefficient (Wildman–Crippen LogP) is 3.33. The number of aromatic nitrogens is 2. The van der Waals surface area contributed by atoms with Crippen LogP contribution in [0.15, 0.2) is 59.5 Å². The molecule has 3 aromatic rings. The van der Waals surface area contributed by atoms with Gasteiger partial charge in [0.05, 0.1) is 29.8 Å². The highest BCUT2D eigenvalue weighted by atomic mass is 35.5. The first-order chi connectivity index (χ1) is 15.4. The van der Waals surface area contributed by atoms with E-state index in [-0.39, 0.29) is 4.90 Å². The summed E-state index contributed by atoms with van der Waals surface area (Å²) in [6.45, 7) is 1.69. The van der Waals surface area contributed by atoms with Crippen molar-refractivity contribution in [1.29, 1.82) is 0 Å². The number of ether oxygens (including phenoxy) is 2. The molecule has 0 aliphatic carbocycles. The first kappa shape index (κ1) is 22.3. The second-order valence-corrected chi connectivity index (χ2v) is 9.51. The lowest BCUT2D eigenvalue weighted by Gasteiger charge is -2.34. The molecule has 2 heterocycles. The molecule has 0 saturated carbocycles. The van der Waals surface area contributed by atoms with Crippen LogP contribution >= 0.6 is 11.6 Å². The molecule has 1 aliphatic heterocycles. The molecule has 0 atom stereocenters.